The minimum atomic E-state index is -0.257. The summed E-state index contributed by atoms with van der Waals surface area (Å²) in [6, 6.07) is 9.62. The lowest BCUT2D eigenvalue weighted by molar-refractivity contribution is 0.0945. The van der Waals surface area contributed by atoms with Gasteiger partial charge in [-0.1, -0.05) is 11.3 Å². The van der Waals surface area contributed by atoms with Crippen molar-refractivity contribution in [2.75, 3.05) is 0 Å². The van der Waals surface area contributed by atoms with Gasteiger partial charge in [-0.2, -0.15) is 5.10 Å². The summed E-state index contributed by atoms with van der Waals surface area (Å²) in [6.45, 7) is 1.05. The van der Waals surface area contributed by atoms with Crippen molar-refractivity contribution in [3.05, 3.63) is 66.0 Å². The van der Waals surface area contributed by atoms with Gasteiger partial charge in [0.15, 0.2) is 11.3 Å². The number of nitrogens with one attached hydrogen (secondary N) is 2. The molecule has 0 aliphatic rings. The Bertz CT molecular complexity index is 1060. The molecule has 0 fully saturated rings. The van der Waals surface area contributed by atoms with Crippen LogP contribution in [0.15, 0.2) is 48.9 Å². The fourth-order valence-electron chi connectivity index (χ4n) is 2.88. The summed E-state index contributed by atoms with van der Waals surface area (Å²) < 4.78 is 1.69. The van der Waals surface area contributed by atoms with Gasteiger partial charge >= 0.3 is 0 Å². The number of fused-ring (bicyclic) bond motifs is 1. The minimum absolute atomic E-state index is 0.257. The molecular formula is C19H20N8O. The third kappa shape index (κ3) is 4.37. The van der Waals surface area contributed by atoms with E-state index in [2.05, 4.69) is 41.9 Å². The molecule has 0 aliphatic carbocycles. The Hall–Kier alpha value is -3.62. The van der Waals surface area contributed by atoms with Gasteiger partial charge in [-0.3, -0.25) is 14.5 Å². The molecule has 9 nitrogen and oxygen atoms in total. The molecule has 2 N–H and O–H groups in total. The van der Waals surface area contributed by atoms with Gasteiger partial charge in [-0.05, 0) is 43.5 Å². The second-order valence-corrected chi connectivity index (χ2v) is 6.45. The number of rotatable bonds is 8. The normalized spacial score (nSPS) is 11.0. The van der Waals surface area contributed by atoms with E-state index in [9.17, 15) is 4.79 Å². The Morgan fingerprint density at radius 1 is 1.11 bits per heavy atom. The van der Waals surface area contributed by atoms with E-state index in [0.717, 1.165) is 41.7 Å². The number of pyridine rings is 1. The summed E-state index contributed by atoms with van der Waals surface area (Å²) in [4.78, 5) is 19.4. The summed E-state index contributed by atoms with van der Waals surface area (Å²) in [5, 5.41) is 20.2. The number of aromatic amines is 1. The average Bonchev–Trinajstić information content (AvgIpc) is 3.39. The molecule has 4 heterocycles. The van der Waals surface area contributed by atoms with Crippen molar-refractivity contribution in [1.82, 2.24) is 40.5 Å². The van der Waals surface area contributed by atoms with E-state index in [1.807, 2.05) is 30.5 Å². The number of H-pyrrole nitrogens is 1. The van der Waals surface area contributed by atoms with Crippen molar-refractivity contribution in [3.8, 4) is 0 Å². The predicted octanol–water partition coefficient (Wildman–Crippen LogP) is 1.90. The second kappa shape index (κ2) is 8.38. The van der Waals surface area contributed by atoms with Crippen LogP contribution >= 0.6 is 0 Å². The minimum Gasteiger partial charge on any atom is -0.345 e. The fourth-order valence-corrected chi connectivity index (χ4v) is 2.88. The Morgan fingerprint density at radius 3 is 2.96 bits per heavy atom. The summed E-state index contributed by atoms with van der Waals surface area (Å²) in [7, 11) is 0. The van der Waals surface area contributed by atoms with Crippen LogP contribution in [0.25, 0.3) is 11.0 Å². The van der Waals surface area contributed by atoms with Gasteiger partial charge in [0.2, 0.25) is 0 Å². The molecule has 4 rings (SSSR count). The maximum Gasteiger partial charge on any atom is 0.273 e. The predicted molar refractivity (Wildman–Crippen MR) is 102 cm³/mol. The first-order chi connectivity index (χ1) is 13.8. The highest BCUT2D eigenvalue weighted by atomic mass is 16.2. The van der Waals surface area contributed by atoms with Crippen LogP contribution in [0.4, 0.5) is 0 Å². The van der Waals surface area contributed by atoms with Crippen LogP contribution in [0.5, 0.6) is 0 Å². The summed E-state index contributed by atoms with van der Waals surface area (Å²) >= 11 is 0. The molecule has 0 aromatic carbocycles. The Morgan fingerprint density at radius 2 is 2.07 bits per heavy atom. The lowest BCUT2D eigenvalue weighted by Gasteiger charge is -2.02. The van der Waals surface area contributed by atoms with Crippen LogP contribution < -0.4 is 5.32 Å². The second-order valence-electron chi connectivity index (χ2n) is 6.45. The Balaban J connectivity index is 1.22. The number of nitrogens with zero attached hydrogens (tertiary/aromatic N) is 6. The number of aryl methyl sites for hydroxylation is 2. The highest BCUT2D eigenvalue weighted by Gasteiger charge is 2.10. The lowest BCUT2D eigenvalue weighted by atomic mass is 10.1. The van der Waals surface area contributed by atoms with E-state index in [1.165, 1.54) is 0 Å². The maximum absolute atomic E-state index is 12.2. The zero-order valence-corrected chi connectivity index (χ0v) is 15.2. The molecule has 4 aromatic heterocycles. The number of hydrogen-bond donors (Lipinski definition) is 2. The molecule has 0 saturated carbocycles. The molecule has 142 valence electrons. The molecule has 1 amide bonds. The van der Waals surface area contributed by atoms with Crippen molar-refractivity contribution in [2.24, 2.45) is 0 Å². The lowest BCUT2D eigenvalue weighted by Crippen LogP contribution is -2.23. The number of aromatic nitrogens is 7. The number of amides is 1. The highest BCUT2D eigenvalue weighted by Crippen LogP contribution is 2.11. The molecule has 0 atom stereocenters. The Labute approximate surface area is 161 Å². The van der Waals surface area contributed by atoms with Crippen LogP contribution in [0.2, 0.25) is 0 Å². The van der Waals surface area contributed by atoms with E-state index in [0.29, 0.717) is 18.8 Å². The third-order valence-corrected chi connectivity index (χ3v) is 4.35. The van der Waals surface area contributed by atoms with Crippen LogP contribution in [0, 0.1) is 0 Å². The first-order valence-corrected chi connectivity index (χ1v) is 9.16. The molecule has 0 spiro atoms. The maximum atomic E-state index is 12.2. The van der Waals surface area contributed by atoms with Gasteiger partial charge < -0.3 is 10.3 Å². The summed E-state index contributed by atoms with van der Waals surface area (Å²) in [6.07, 6.45) is 7.92. The zero-order valence-electron chi connectivity index (χ0n) is 15.2. The van der Waals surface area contributed by atoms with Crippen LogP contribution in [-0.4, -0.2) is 41.1 Å². The smallest absolute Gasteiger partial charge is 0.273 e. The van der Waals surface area contributed by atoms with E-state index in [-0.39, 0.29) is 5.91 Å². The van der Waals surface area contributed by atoms with Crippen molar-refractivity contribution in [2.45, 2.75) is 32.4 Å². The summed E-state index contributed by atoms with van der Waals surface area (Å²) in [5.41, 5.74) is 2.88. The molecule has 0 bridgehead atoms. The topological polar surface area (TPSA) is 114 Å². The van der Waals surface area contributed by atoms with Crippen molar-refractivity contribution in [3.63, 3.8) is 0 Å². The van der Waals surface area contributed by atoms with Gasteiger partial charge in [0.1, 0.15) is 0 Å². The molecule has 0 radical (unpaired) electrons. The molecule has 0 unspecified atom stereocenters. The molecule has 0 aliphatic heterocycles. The van der Waals surface area contributed by atoms with Crippen molar-refractivity contribution >= 4 is 16.9 Å². The average molecular weight is 376 g/mol. The van der Waals surface area contributed by atoms with Crippen LogP contribution in [0.1, 0.15) is 34.7 Å². The number of carbonyl (C=O) groups is 1. The van der Waals surface area contributed by atoms with Crippen LogP contribution in [-0.2, 0) is 19.5 Å². The van der Waals surface area contributed by atoms with Crippen molar-refractivity contribution < 1.29 is 4.79 Å². The van der Waals surface area contributed by atoms with Crippen LogP contribution in [0.3, 0.4) is 0 Å². The van der Waals surface area contributed by atoms with Gasteiger partial charge in [-0.15, -0.1) is 10.2 Å². The van der Waals surface area contributed by atoms with E-state index < -0.39 is 0 Å². The van der Waals surface area contributed by atoms with E-state index in [4.69, 9.17) is 0 Å². The molecule has 0 saturated heterocycles. The fraction of sp³-hybridized carbons (Fsp3) is 0.263. The number of carbonyl (C=O) groups excluding carboxylic acids is 1. The largest absolute Gasteiger partial charge is 0.345 e. The Kier molecular flexibility index (Phi) is 5.32. The quantitative estimate of drug-likeness (QED) is 0.454. The van der Waals surface area contributed by atoms with Crippen molar-refractivity contribution in [1.29, 1.82) is 0 Å². The molecule has 4 aromatic rings. The van der Waals surface area contributed by atoms with Gasteiger partial charge in [0.25, 0.3) is 5.91 Å². The zero-order chi connectivity index (χ0) is 19.2. The van der Waals surface area contributed by atoms with E-state index in [1.54, 1.807) is 17.1 Å². The molecular weight excluding hydrogens is 356 g/mol. The number of unbranched alkanes of at least 4 members (excludes halogenated alkanes) is 1. The molecule has 28 heavy (non-hydrogen) atoms. The highest BCUT2D eigenvalue weighted by molar-refractivity contribution is 5.91. The molecule has 9 heteroatoms. The van der Waals surface area contributed by atoms with Gasteiger partial charge in [0, 0.05) is 24.3 Å². The summed E-state index contributed by atoms with van der Waals surface area (Å²) in [5.74, 6) is -0.257. The third-order valence-electron chi connectivity index (χ3n) is 4.35. The number of hydrogen-bond acceptors (Lipinski definition) is 6. The van der Waals surface area contributed by atoms with E-state index >= 15 is 0 Å². The standard InChI is InChI=1S/C19H20N8O/c28-19(22-12-16-6-1-3-8-20-16)17-13-27(26-24-17)10-4-2-5-15-11-14-7-9-21-18(14)25-23-15/h1,3,6-9,11,13H,2,4-5,10,12H2,(H,21,25)(H,22,28). The first kappa shape index (κ1) is 17.8. The van der Waals surface area contributed by atoms with Gasteiger partial charge in [0.05, 0.1) is 24.1 Å². The SMILES string of the molecule is O=C(NCc1ccccn1)c1cn(CCCCc2cc3cc[nH]c3nn2)nn1. The monoisotopic (exact) mass is 376 g/mol. The first-order valence-electron chi connectivity index (χ1n) is 9.16. The van der Waals surface area contributed by atoms with Gasteiger partial charge in [-0.25, -0.2) is 0 Å².